The van der Waals surface area contributed by atoms with Gasteiger partial charge in [-0.3, -0.25) is 4.79 Å². The quantitative estimate of drug-likeness (QED) is 0.688. The molecule has 0 heterocycles. The normalized spacial score (nSPS) is 36.1. The number of amides is 1. The van der Waals surface area contributed by atoms with Gasteiger partial charge in [0, 0.05) is 6.04 Å². The molecule has 0 aromatic heterocycles. The number of hydrogen-bond donors (Lipinski definition) is 1. The molecule has 2 fully saturated rings. The summed E-state index contributed by atoms with van der Waals surface area (Å²) in [7, 11) is 3.85. The van der Waals surface area contributed by atoms with E-state index < -0.39 is 0 Å². The first-order valence-electron chi connectivity index (χ1n) is 5.12. The number of likely N-dealkylation sites (N-methyl/N-ethyl adjacent to an activating group) is 1. The summed E-state index contributed by atoms with van der Waals surface area (Å²) in [6, 6.07) is 0.529. The van der Waals surface area contributed by atoms with Crippen molar-refractivity contribution in [3.05, 3.63) is 0 Å². The number of nitrogens with one attached hydrogen (secondary N) is 1. The highest BCUT2D eigenvalue weighted by molar-refractivity contribution is 5.78. The maximum Gasteiger partial charge on any atom is 0.234 e. The molecule has 0 spiro atoms. The van der Waals surface area contributed by atoms with E-state index in [1.54, 1.807) is 0 Å². The molecule has 3 heteroatoms. The zero-order valence-electron chi connectivity index (χ0n) is 8.42. The SMILES string of the molecule is CN(C)CC(=O)NC1C2CCCC21. The second-order valence-electron chi connectivity index (χ2n) is 4.59. The van der Waals surface area contributed by atoms with E-state index in [9.17, 15) is 4.79 Å². The van der Waals surface area contributed by atoms with Crippen molar-refractivity contribution in [3.63, 3.8) is 0 Å². The van der Waals surface area contributed by atoms with Crippen LogP contribution >= 0.6 is 0 Å². The molecule has 0 aromatic rings. The Morgan fingerprint density at radius 1 is 1.38 bits per heavy atom. The van der Waals surface area contributed by atoms with Crippen LogP contribution in [0, 0.1) is 11.8 Å². The zero-order valence-corrected chi connectivity index (χ0v) is 8.42. The van der Waals surface area contributed by atoms with Crippen LogP contribution in [0.3, 0.4) is 0 Å². The third-order valence-electron chi connectivity index (χ3n) is 3.19. The van der Waals surface area contributed by atoms with Gasteiger partial charge in [-0.05, 0) is 38.8 Å². The minimum atomic E-state index is 0.185. The Hall–Kier alpha value is -0.570. The van der Waals surface area contributed by atoms with Crippen LogP contribution in [-0.4, -0.2) is 37.5 Å². The monoisotopic (exact) mass is 182 g/mol. The molecule has 1 amide bonds. The Kier molecular flexibility index (Phi) is 2.28. The molecule has 1 N–H and O–H groups in total. The second kappa shape index (κ2) is 3.29. The van der Waals surface area contributed by atoms with Crippen LogP contribution in [-0.2, 0) is 4.79 Å². The Morgan fingerprint density at radius 2 is 2.00 bits per heavy atom. The van der Waals surface area contributed by atoms with Gasteiger partial charge >= 0.3 is 0 Å². The van der Waals surface area contributed by atoms with Gasteiger partial charge in [-0.2, -0.15) is 0 Å². The van der Waals surface area contributed by atoms with Crippen molar-refractivity contribution < 1.29 is 4.79 Å². The maximum atomic E-state index is 11.4. The van der Waals surface area contributed by atoms with Crippen LogP contribution in [0.4, 0.5) is 0 Å². The summed E-state index contributed by atoms with van der Waals surface area (Å²) in [6.45, 7) is 0.524. The molecule has 2 unspecified atom stereocenters. The minimum Gasteiger partial charge on any atom is -0.352 e. The lowest BCUT2D eigenvalue weighted by Crippen LogP contribution is -2.36. The van der Waals surface area contributed by atoms with Gasteiger partial charge in [0.15, 0.2) is 0 Å². The van der Waals surface area contributed by atoms with Crippen molar-refractivity contribution in [2.24, 2.45) is 11.8 Å². The van der Waals surface area contributed by atoms with Gasteiger partial charge in [0.2, 0.25) is 5.91 Å². The number of fused-ring (bicyclic) bond motifs is 1. The molecular weight excluding hydrogens is 164 g/mol. The van der Waals surface area contributed by atoms with Crippen LogP contribution in [0.5, 0.6) is 0 Å². The highest BCUT2D eigenvalue weighted by Gasteiger charge is 2.53. The van der Waals surface area contributed by atoms with E-state index in [0.717, 1.165) is 11.8 Å². The van der Waals surface area contributed by atoms with Crippen molar-refractivity contribution in [3.8, 4) is 0 Å². The Labute approximate surface area is 79.5 Å². The number of carbonyl (C=O) groups excluding carboxylic acids is 1. The van der Waals surface area contributed by atoms with E-state index in [2.05, 4.69) is 5.32 Å². The summed E-state index contributed by atoms with van der Waals surface area (Å²) in [5.74, 6) is 1.83. The number of hydrogen-bond acceptors (Lipinski definition) is 2. The van der Waals surface area contributed by atoms with E-state index in [1.807, 2.05) is 19.0 Å². The molecule has 74 valence electrons. The molecule has 2 aliphatic rings. The highest BCUT2D eigenvalue weighted by atomic mass is 16.2. The van der Waals surface area contributed by atoms with E-state index in [-0.39, 0.29) is 5.91 Å². The molecule has 13 heavy (non-hydrogen) atoms. The Morgan fingerprint density at radius 3 is 2.54 bits per heavy atom. The van der Waals surface area contributed by atoms with Crippen LogP contribution in [0.2, 0.25) is 0 Å². The summed E-state index contributed by atoms with van der Waals surface area (Å²) < 4.78 is 0. The third kappa shape index (κ3) is 1.85. The fraction of sp³-hybridized carbons (Fsp3) is 0.900. The van der Waals surface area contributed by atoms with Crippen LogP contribution in [0.1, 0.15) is 19.3 Å². The molecule has 2 rings (SSSR count). The Bertz CT molecular complexity index is 205. The molecule has 3 nitrogen and oxygen atoms in total. The van der Waals surface area contributed by atoms with Gasteiger partial charge in [-0.1, -0.05) is 6.42 Å². The highest BCUT2D eigenvalue weighted by Crippen LogP contribution is 2.51. The summed E-state index contributed by atoms with van der Waals surface area (Å²) in [5, 5.41) is 3.11. The van der Waals surface area contributed by atoms with Crippen LogP contribution in [0.25, 0.3) is 0 Å². The van der Waals surface area contributed by atoms with E-state index in [4.69, 9.17) is 0 Å². The largest absolute Gasteiger partial charge is 0.352 e. The minimum absolute atomic E-state index is 0.185. The summed E-state index contributed by atoms with van der Waals surface area (Å²) >= 11 is 0. The molecule has 2 atom stereocenters. The lowest BCUT2D eigenvalue weighted by atomic mass is 10.2. The number of rotatable bonds is 3. The van der Waals surface area contributed by atoms with E-state index in [1.165, 1.54) is 19.3 Å². The fourth-order valence-electron chi connectivity index (χ4n) is 2.55. The van der Waals surface area contributed by atoms with Crippen molar-refractivity contribution in [2.75, 3.05) is 20.6 Å². The predicted molar refractivity (Wildman–Crippen MR) is 51.3 cm³/mol. The molecule has 0 aromatic carbocycles. The van der Waals surface area contributed by atoms with Gasteiger partial charge < -0.3 is 10.2 Å². The Balaban J connectivity index is 1.71. The number of nitrogens with zero attached hydrogens (tertiary/aromatic N) is 1. The van der Waals surface area contributed by atoms with E-state index in [0.29, 0.717) is 12.6 Å². The average Bonchev–Trinajstić information content (AvgIpc) is 2.51. The lowest BCUT2D eigenvalue weighted by molar-refractivity contribution is -0.122. The molecular formula is C10H18N2O. The first-order chi connectivity index (χ1) is 6.18. The average molecular weight is 182 g/mol. The third-order valence-corrected chi connectivity index (χ3v) is 3.19. The van der Waals surface area contributed by atoms with Crippen molar-refractivity contribution in [1.82, 2.24) is 10.2 Å². The van der Waals surface area contributed by atoms with Crippen molar-refractivity contribution in [1.29, 1.82) is 0 Å². The topological polar surface area (TPSA) is 32.3 Å². The van der Waals surface area contributed by atoms with Crippen LogP contribution in [0.15, 0.2) is 0 Å². The molecule has 0 bridgehead atoms. The van der Waals surface area contributed by atoms with Gasteiger partial charge in [-0.25, -0.2) is 0 Å². The van der Waals surface area contributed by atoms with Crippen molar-refractivity contribution >= 4 is 5.91 Å². The summed E-state index contributed by atoms with van der Waals surface area (Å²) in [5.41, 5.74) is 0. The van der Waals surface area contributed by atoms with Gasteiger partial charge in [-0.15, -0.1) is 0 Å². The first-order valence-corrected chi connectivity index (χ1v) is 5.12. The lowest BCUT2D eigenvalue weighted by Gasteiger charge is -2.10. The van der Waals surface area contributed by atoms with Crippen LogP contribution < -0.4 is 5.32 Å². The molecule has 0 aliphatic heterocycles. The zero-order chi connectivity index (χ0) is 9.42. The summed E-state index contributed by atoms with van der Waals surface area (Å²) in [4.78, 5) is 13.3. The molecule has 0 saturated heterocycles. The maximum absolute atomic E-state index is 11.4. The standard InChI is InChI=1S/C10H18N2O/c1-12(2)6-9(13)11-10-7-4-3-5-8(7)10/h7-8,10H,3-6H2,1-2H3,(H,11,13). The second-order valence-corrected chi connectivity index (χ2v) is 4.59. The first kappa shape index (κ1) is 9.00. The van der Waals surface area contributed by atoms with Gasteiger partial charge in [0.05, 0.1) is 6.54 Å². The smallest absolute Gasteiger partial charge is 0.234 e. The molecule has 2 aliphatic carbocycles. The number of carbonyl (C=O) groups is 1. The summed E-state index contributed by atoms with van der Waals surface area (Å²) in [6.07, 6.45) is 4.03. The molecule has 2 saturated carbocycles. The van der Waals surface area contributed by atoms with E-state index >= 15 is 0 Å². The van der Waals surface area contributed by atoms with Crippen molar-refractivity contribution in [2.45, 2.75) is 25.3 Å². The predicted octanol–water partition coefficient (Wildman–Crippen LogP) is 0.463. The fourth-order valence-corrected chi connectivity index (χ4v) is 2.55. The molecule has 0 radical (unpaired) electrons. The van der Waals surface area contributed by atoms with Gasteiger partial charge in [0.25, 0.3) is 0 Å². The van der Waals surface area contributed by atoms with Gasteiger partial charge in [0.1, 0.15) is 0 Å².